The van der Waals surface area contributed by atoms with E-state index in [2.05, 4.69) is 19.2 Å². The smallest absolute Gasteiger partial charge is 0.317 e. The van der Waals surface area contributed by atoms with Crippen molar-refractivity contribution in [1.82, 2.24) is 5.32 Å². The molecule has 1 aromatic rings. The Balaban J connectivity index is 2.89. The summed E-state index contributed by atoms with van der Waals surface area (Å²) in [5.41, 5.74) is -0.154. The Morgan fingerprint density at radius 2 is 1.78 bits per heavy atom. The quantitative estimate of drug-likeness (QED) is 0.846. The highest BCUT2D eigenvalue weighted by atomic mass is 19.4. The molecule has 0 spiro atoms. The van der Waals surface area contributed by atoms with E-state index in [9.17, 15) is 13.2 Å². The number of hydrogen-bond acceptors (Lipinski definition) is 1. The summed E-state index contributed by atoms with van der Waals surface area (Å²) in [5, 5.41) is 3.09. The second-order valence-electron chi connectivity index (χ2n) is 4.97. The van der Waals surface area contributed by atoms with Gasteiger partial charge in [0.2, 0.25) is 0 Å². The average Bonchev–Trinajstić information content (AvgIpc) is 2.26. The molecule has 4 heteroatoms. The molecule has 0 saturated carbocycles. The van der Waals surface area contributed by atoms with E-state index in [1.807, 2.05) is 0 Å². The van der Waals surface area contributed by atoms with Crippen molar-refractivity contribution in [2.24, 2.45) is 5.92 Å². The molecule has 1 rings (SSSR count). The van der Waals surface area contributed by atoms with Gasteiger partial charge in [0.25, 0.3) is 0 Å². The Kier molecular flexibility index (Phi) is 5.20. The standard InChI is InChI=1S/C14H20F3N/c1-10(2)8-12(18-3)9-11-6-4-5-7-13(11)14(15,16)17/h4-7,10,12,18H,8-9H2,1-3H3. The fourth-order valence-electron chi connectivity index (χ4n) is 2.11. The molecule has 0 aromatic heterocycles. The molecular formula is C14H20F3N. The molecule has 0 bridgehead atoms. The molecule has 0 amide bonds. The molecule has 1 nitrogen and oxygen atoms in total. The van der Waals surface area contributed by atoms with Crippen LogP contribution in [0.3, 0.4) is 0 Å². The molecule has 0 heterocycles. The van der Waals surface area contributed by atoms with Crippen LogP contribution in [0.4, 0.5) is 13.2 Å². The van der Waals surface area contributed by atoms with E-state index in [1.54, 1.807) is 19.2 Å². The van der Waals surface area contributed by atoms with Crippen LogP contribution in [0, 0.1) is 5.92 Å². The van der Waals surface area contributed by atoms with Gasteiger partial charge in [-0.2, -0.15) is 13.2 Å². The molecule has 0 aliphatic carbocycles. The lowest BCUT2D eigenvalue weighted by Crippen LogP contribution is -2.30. The molecule has 1 N–H and O–H groups in total. The second kappa shape index (κ2) is 6.23. The summed E-state index contributed by atoms with van der Waals surface area (Å²) in [5.74, 6) is 0.459. The molecule has 0 aliphatic rings. The number of benzene rings is 1. The zero-order valence-corrected chi connectivity index (χ0v) is 11.0. The lowest BCUT2D eigenvalue weighted by Gasteiger charge is -2.20. The minimum absolute atomic E-state index is 0.0773. The van der Waals surface area contributed by atoms with E-state index < -0.39 is 11.7 Å². The van der Waals surface area contributed by atoms with Crippen molar-refractivity contribution in [3.05, 3.63) is 35.4 Å². The molecule has 1 unspecified atom stereocenters. The zero-order valence-electron chi connectivity index (χ0n) is 11.0. The SMILES string of the molecule is CNC(Cc1ccccc1C(F)(F)F)CC(C)C. The predicted molar refractivity (Wildman–Crippen MR) is 67.5 cm³/mol. The predicted octanol–water partition coefficient (Wildman–Crippen LogP) is 3.88. The molecule has 0 radical (unpaired) electrons. The van der Waals surface area contributed by atoms with E-state index in [1.165, 1.54) is 6.07 Å². The molecule has 1 aromatic carbocycles. The number of halogens is 3. The van der Waals surface area contributed by atoms with Gasteiger partial charge >= 0.3 is 6.18 Å². The first-order chi connectivity index (χ1) is 8.34. The molecule has 0 saturated heterocycles. The Labute approximate surface area is 106 Å². The summed E-state index contributed by atoms with van der Waals surface area (Å²) in [7, 11) is 1.79. The summed E-state index contributed by atoms with van der Waals surface area (Å²) in [6, 6.07) is 5.88. The van der Waals surface area contributed by atoms with Gasteiger partial charge in [-0.3, -0.25) is 0 Å². The molecule has 0 aliphatic heterocycles. The summed E-state index contributed by atoms with van der Waals surface area (Å²) < 4.78 is 38.5. The molecule has 102 valence electrons. The summed E-state index contributed by atoms with van der Waals surface area (Å²) in [6.45, 7) is 4.14. The highest BCUT2D eigenvalue weighted by Gasteiger charge is 2.33. The fraction of sp³-hybridized carbons (Fsp3) is 0.571. The Morgan fingerprint density at radius 1 is 1.17 bits per heavy atom. The normalized spacial score (nSPS) is 13.9. The van der Waals surface area contributed by atoms with Crippen molar-refractivity contribution in [2.75, 3.05) is 7.05 Å². The zero-order chi connectivity index (χ0) is 13.8. The van der Waals surface area contributed by atoms with Crippen LogP contribution in [-0.2, 0) is 12.6 Å². The first kappa shape index (κ1) is 15.0. The van der Waals surface area contributed by atoms with Crippen LogP contribution in [0.1, 0.15) is 31.4 Å². The van der Waals surface area contributed by atoms with Crippen molar-refractivity contribution >= 4 is 0 Å². The first-order valence-corrected chi connectivity index (χ1v) is 6.17. The first-order valence-electron chi connectivity index (χ1n) is 6.17. The van der Waals surface area contributed by atoms with E-state index in [0.29, 0.717) is 17.9 Å². The maximum atomic E-state index is 12.8. The van der Waals surface area contributed by atoms with Gasteiger partial charge in [0.1, 0.15) is 0 Å². The Hall–Kier alpha value is -1.03. The number of hydrogen-bond donors (Lipinski definition) is 1. The van der Waals surface area contributed by atoms with Crippen molar-refractivity contribution in [3.63, 3.8) is 0 Å². The van der Waals surface area contributed by atoms with Crippen LogP contribution >= 0.6 is 0 Å². The van der Waals surface area contributed by atoms with Gasteiger partial charge in [0.05, 0.1) is 5.56 Å². The number of rotatable bonds is 5. The van der Waals surface area contributed by atoms with Gasteiger partial charge in [-0.15, -0.1) is 0 Å². The van der Waals surface area contributed by atoms with E-state index in [0.717, 1.165) is 12.5 Å². The lowest BCUT2D eigenvalue weighted by atomic mass is 9.94. The molecule has 18 heavy (non-hydrogen) atoms. The van der Waals surface area contributed by atoms with Crippen molar-refractivity contribution in [2.45, 2.75) is 38.9 Å². The summed E-state index contributed by atoms with van der Waals surface area (Å²) in [6.07, 6.45) is -3.00. The number of alkyl halides is 3. The highest BCUT2D eigenvalue weighted by Crippen LogP contribution is 2.32. The topological polar surface area (TPSA) is 12.0 Å². The minimum Gasteiger partial charge on any atom is -0.317 e. The van der Waals surface area contributed by atoms with Crippen LogP contribution < -0.4 is 5.32 Å². The van der Waals surface area contributed by atoms with E-state index in [-0.39, 0.29) is 6.04 Å². The van der Waals surface area contributed by atoms with Gasteiger partial charge in [-0.1, -0.05) is 32.0 Å². The molecule has 0 fully saturated rings. The van der Waals surface area contributed by atoms with Gasteiger partial charge < -0.3 is 5.32 Å². The van der Waals surface area contributed by atoms with Crippen LogP contribution in [0.5, 0.6) is 0 Å². The fourth-order valence-corrected chi connectivity index (χ4v) is 2.11. The van der Waals surface area contributed by atoms with E-state index in [4.69, 9.17) is 0 Å². The van der Waals surface area contributed by atoms with E-state index >= 15 is 0 Å². The van der Waals surface area contributed by atoms with Gasteiger partial charge in [0.15, 0.2) is 0 Å². The second-order valence-corrected chi connectivity index (χ2v) is 4.97. The molecule has 1 atom stereocenters. The third-order valence-corrected chi connectivity index (χ3v) is 2.95. The third kappa shape index (κ3) is 4.33. The lowest BCUT2D eigenvalue weighted by molar-refractivity contribution is -0.138. The van der Waals surface area contributed by atoms with Crippen LogP contribution in [-0.4, -0.2) is 13.1 Å². The Bertz CT molecular complexity index is 372. The number of likely N-dealkylation sites (N-methyl/N-ethyl adjacent to an activating group) is 1. The molecular weight excluding hydrogens is 239 g/mol. The van der Waals surface area contributed by atoms with Crippen molar-refractivity contribution in [1.29, 1.82) is 0 Å². The van der Waals surface area contributed by atoms with Gasteiger partial charge in [-0.05, 0) is 37.4 Å². The van der Waals surface area contributed by atoms with Crippen LogP contribution in [0.25, 0.3) is 0 Å². The van der Waals surface area contributed by atoms with Crippen molar-refractivity contribution < 1.29 is 13.2 Å². The maximum absolute atomic E-state index is 12.8. The summed E-state index contributed by atoms with van der Waals surface area (Å²) >= 11 is 0. The monoisotopic (exact) mass is 259 g/mol. The minimum atomic E-state index is -4.27. The van der Waals surface area contributed by atoms with Crippen molar-refractivity contribution in [3.8, 4) is 0 Å². The summed E-state index contributed by atoms with van der Waals surface area (Å²) in [4.78, 5) is 0. The maximum Gasteiger partial charge on any atom is 0.416 e. The van der Waals surface area contributed by atoms with Crippen LogP contribution in [0.15, 0.2) is 24.3 Å². The largest absolute Gasteiger partial charge is 0.416 e. The third-order valence-electron chi connectivity index (χ3n) is 2.95. The number of nitrogens with one attached hydrogen (secondary N) is 1. The Morgan fingerprint density at radius 3 is 2.28 bits per heavy atom. The highest BCUT2D eigenvalue weighted by molar-refractivity contribution is 5.30. The van der Waals surface area contributed by atoms with Gasteiger partial charge in [0, 0.05) is 6.04 Å². The van der Waals surface area contributed by atoms with Gasteiger partial charge in [-0.25, -0.2) is 0 Å². The van der Waals surface area contributed by atoms with Crippen LogP contribution in [0.2, 0.25) is 0 Å². The average molecular weight is 259 g/mol.